The number of aliphatic hydroxyl groups is 1. The first-order valence-corrected chi connectivity index (χ1v) is 11.1. The van der Waals surface area contributed by atoms with Crippen LogP contribution >= 0.6 is 0 Å². The molecule has 1 N–H and O–H groups in total. The monoisotopic (exact) mass is 426 g/mol. The molecular formula is C29H27FO2. The van der Waals surface area contributed by atoms with Gasteiger partial charge in [0.15, 0.2) is 5.78 Å². The minimum Gasteiger partial charge on any atom is -0.392 e. The molecule has 0 aliphatic heterocycles. The molecule has 1 saturated carbocycles. The predicted octanol–water partition coefficient (Wildman–Crippen LogP) is 5.86. The summed E-state index contributed by atoms with van der Waals surface area (Å²) in [5, 5.41) is 11.0. The Morgan fingerprint density at radius 2 is 2.03 bits per heavy atom. The molecule has 0 unspecified atom stereocenters. The van der Waals surface area contributed by atoms with Gasteiger partial charge in [-0.05, 0) is 73.6 Å². The molecule has 0 aromatic heterocycles. The maximum absolute atomic E-state index is 13.5. The van der Waals surface area contributed by atoms with E-state index in [-0.39, 0.29) is 17.5 Å². The fourth-order valence-electron chi connectivity index (χ4n) is 5.18. The summed E-state index contributed by atoms with van der Waals surface area (Å²) < 4.78 is 13.5. The van der Waals surface area contributed by atoms with Crippen molar-refractivity contribution in [2.45, 2.75) is 38.7 Å². The van der Waals surface area contributed by atoms with E-state index in [2.05, 4.69) is 18.4 Å². The third-order valence-corrected chi connectivity index (χ3v) is 6.87. The van der Waals surface area contributed by atoms with Crippen molar-refractivity contribution in [1.29, 1.82) is 0 Å². The van der Waals surface area contributed by atoms with Crippen molar-refractivity contribution in [3.63, 3.8) is 0 Å². The maximum atomic E-state index is 13.5. The number of carbonyl (C=O) groups is 1. The lowest BCUT2D eigenvalue weighted by atomic mass is 9.55. The average molecular weight is 427 g/mol. The molecule has 0 radical (unpaired) electrons. The first-order chi connectivity index (χ1) is 15.5. The molecule has 0 bridgehead atoms. The number of halogens is 1. The second-order valence-corrected chi connectivity index (χ2v) is 8.64. The van der Waals surface area contributed by atoms with Gasteiger partial charge in [-0.15, -0.1) is 6.58 Å². The quantitative estimate of drug-likeness (QED) is 0.379. The van der Waals surface area contributed by atoms with Crippen LogP contribution in [0.2, 0.25) is 0 Å². The highest BCUT2D eigenvalue weighted by atomic mass is 19.1. The van der Waals surface area contributed by atoms with Gasteiger partial charge in [-0.1, -0.05) is 54.7 Å². The normalized spacial score (nSPS) is 26.0. The number of ketones is 1. The Balaban J connectivity index is 1.77. The zero-order valence-corrected chi connectivity index (χ0v) is 18.3. The molecule has 0 saturated heterocycles. The zero-order valence-electron chi connectivity index (χ0n) is 18.3. The molecule has 1 fully saturated rings. The molecular weight excluding hydrogens is 399 g/mol. The van der Waals surface area contributed by atoms with E-state index >= 15 is 0 Å². The number of rotatable bonds is 3. The standard InChI is InChI=1S/C29H27FO2/c1-3-16-29-20(2)26(27(31)19-24(29)11-7-13-28(29)32)18-23-10-5-4-9-22(23)15-14-21-8-6-12-25(30)17-21/h3-6,8-10,12,17-20,28,32H,1,7,11,13,16H2,2H3/b26-18+/t20-,28-,29-/m0/s1. The SMILES string of the molecule is C=CC[C@@]12C(=CC(=O)/C(=C/c3ccccc3C#Cc3cccc(F)c3)[C@@H]1C)CCC[C@@H]2O. The van der Waals surface area contributed by atoms with Crippen LogP contribution < -0.4 is 0 Å². The number of carbonyl (C=O) groups excluding carboxylic acids is 1. The molecule has 0 spiro atoms. The van der Waals surface area contributed by atoms with Gasteiger partial charge in [0, 0.05) is 22.1 Å². The van der Waals surface area contributed by atoms with E-state index in [1.54, 1.807) is 18.2 Å². The van der Waals surface area contributed by atoms with Crippen LogP contribution in [0.25, 0.3) is 6.08 Å². The van der Waals surface area contributed by atoms with Crippen LogP contribution in [0.1, 0.15) is 49.3 Å². The van der Waals surface area contributed by atoms with Crippen LogP contribution in [0.4, 0.5) is 4.39 Å². The number of hydrogen-bond acceptors (Lipinski definition) is 2. The minimum atomic E-state index is -0.505. The Kier molecular flexibility index (Phi) is 6.26. The van der Waals surface area contributed by atoms with Crippen molar-refractivity contribution in [3.8, 4) is 11.8 Å². The lowest BCUT2D eigenvalue weighted by Crippen LogP contribution is -2.48. The van der Waals surface area contributed by atoms with E-state index in [0.717, 1.165) is 36.0 Å². The van der Waals surface area contributed by atoms with Crippen LogP contribution in [0.15, 0.2) is 78.4 Å². The van der Waals surface area contributed by atoms with Gasteiger partial charge in [-0.3, -0.25) is 4.79 Å². The number of hydrogen-bond donors (Lipinski definition) is 1. The summed E-state index contributed by atoms with van der Waals surface area (Å²) in [6, 6.07) is 13.8. The van der Waals surface area contributed by atoms with Crippen molar-refractivity contribution in [1.82, 2.24) is 0 Å². The van der Waals surface area contributed by atoms with E-state index in [9.17, 15) is 14.3 Å². The summed E-state index contributed by atoms with van der Waals surface area (Å²) in [5.74, 6) is 5.66. The molecule has 4 rings (SSSR count). The number of benzene rings is 2. The maximum Gasteiger partial charge on any atom is 0.182 e. The van der Waals surface area contributed by atoms with Crippen molar-refractivity contribution >= 4 is 11.9 Å². The van der Waals surface area contributed by atoms with Gasteiger partial charge in [-0.2, -0.15) is 0 Å². The molecule has 2 aromatic rings. The van der Waals surface area contributed by atoms with Gasteiger partial charge in [0.25, 0.3) is 0 Å². The minimum absolute atomic E-state index is 0.00539. The highest BCUT2D eigenvalue weighted by molar-refractivity contribution is 6.09. The zero-order chi connectivity index (χ0) is 22.7. The second-order valence-electron chi connectivity index (χ2n) is 8.64. The van der Waals surface area contributed by atoms with Gasteiger partial charge < -0.3 is 5.11 Å². The van der Waals surface area contributed by atoms with Gasteiger partial charge in [0.1, 0.15) is 5.82 Å². The van der Waals surface area contributed by atoms with E-state index in [4.69, 9.17) is 0 Å². The molecule has 2 aliphatic rings. The first-order valence-electron chi connectivity index (χ1n) is 11.1. The Hall–Kier alpha value is -3.22. The average Bonchev–Trinajstić information content (AvgIpc) is 2.78. The molecule has 3 atom stereocenters. The lowest BCUT2D eigenvalue weighted by molar-refractivity contribution is -0.113. The van der Waals surface area contributed by atoms with E-state index in [0.29, 0.717) is 17.6 Å². The third-order valence-electron chi connectivity index (χ3n) is 6.87. The molecule has 2 aliphatic carbocycles. The van der Waals surface area contributed by atoms with Crippen LogP contribution in [0.3, 0.4) is 0 Å². The first kappa shape index (κ1) is 22.0. The van der Waals surface area contributed by atoms with E-state index in [1.165, 1.54) is 12.1 Å². The van der Waals surface area contributed by atoms with Crippen molar-refractivity contribution in [3.05, 3.63) is 101 Å². The molecule has 32 heavy (non-hydrogen) atoms. The predicted molar refractivity (Wildman–Crippen MR) is 126 cm³/mol. The summed E-state index contributed by atoms with van der Waals surface area (Å²) in [4.78, 5) is 13.1. The van der Waals surface area contributed by atoms with Crippen molar-refractivity contribution < 1.29 is 14.3 Å². The lowest BCUT2D eigenvalue weighted by Gasteiger charge is -2.50. The fourth-order valence-corrected chi connectivity index (χ4v) is 5.18. The van der Waals surface area contributed by atoms with Gasteiger partial charge in [0.05, 0.1) is 6.10 Å². The van der Waals surface area contributed by atoms with Crippen LogP contribution in [0, 0.1) is 29.0 Å². The summed E-state index contributed by atoms with van der Waals surface area (Å²) in [7, 11) is 0. The van der Waals surface area contributed by atoms with Crippen LogP contribution in [-0.4, -0.2) is 17.0 Å². The third kappa shape index (κ3) is 3.99. The highest BCUT2D eigenvalue weighted by Gasteiger charge is 2.51. The molecule has 2 nitrogen and oxygen atoms in total. The molecule has 162 valence electrons. The summed E-state index contributed by atoms with van der Waals surface area (Å²) in [6.07, 6.45) is 8.08. The van der Waals surface area contributed by atoms with Crippen LogP contribution in [0.5, 0.6) is 0 Å². The Bertz CT molecular complexity index is 1180. The molecule has 2 aromatic carbocycles. The Labute approximate surface area is 189 Å². The van der Waals surface area contributed by atoms with E-state index in [1.807, 2.05) is 43.3 Å². The Morgan fingerprint density at radius 1 is 1.22 bits per heavy atom. The van der Waals surface area contributed by atoms with E-state index < -0.39 is 11.5 Å². The molecule has 3 heteroatoms. The van der Waals surface area contributed by atoms with Gasteiger partial charge in [0.2, 0.25) is 0 Å². The number of aliphatic hydroxyl groups excluding tert-OH is 1. The summed E-state index contributed by atoms with van der Waals surface area (Å²) >= 11 is 0. The van der Waals surface area contributed by atoms with Crippen molar-refractivity contribution in [2.24, 2.45) is 11.3 Å². The smallest absolute Gasteiger partial charge is 0.182 e. The van der Waals surface area contributed by atoms with Gasteiger partial charge in [-0.25, -0.2) is 4.39 Å². The topological polar surface area (TPSA) is 37.3 Å². The fraction of sp³-hybridized carbons (Fsp3) is 0.276. The molecule has 0 heterocycles. The number of allylic oxidation sites excluding steroid dienone is 3. The number of fused-ring (bicyclic) bond motifs is 1. The summed E-state index contributed by atoms with van der Waals surface area (Å²) in [5.41, 5.74) is 3.43. The van der Waals surface area contributed by atoms with Gasteiger partial charge >= 0.3 is 0 Å². The highest BCUT2D eigenvalue weighted by Crippen LogP contribution is 2.54. The second kappa shape index (κ2) is 9.10. The van der Waals surface area contributed by atoms with Crippen molar-refractivity contribution in [2.75, 3.05) is 0 Å². The Morgan fingerprint density at radius 3 is 2.81 bits per heavy atom. The molecule has 0 amide bonds. The van der Waals surface area contributed by atoms with Crippen LogP contribution in [-0.2, 0) is 4.79 Å². The summed E-state index contributed by atoms with van der Waals surface area (Å²) in [6.45, 7) is 5.96. The largest absolute Gasteiger partial charge is 0.392 e.